The summed E-state index contributed by atoms with van der Waals surface area (Å²) < 4.78 is 12.8. The molecule has 2 nitrogen and oxygen atoms in total. The molecule has 92 valence electrons. The lowest BCUT2D eigenvalue weighted by molar-refractivity contribution is -0.178. The van der Waals surface area contributed by atoms with Gasteiger partial charge in [0.25, 0.3) is 0 Å². The molecule has 3 heteroatoms. The summed E-state index contributed by atoms with van der Waals surface area (Å²) in [6.07, 6.45) is 4.45. The van der Waals surface area contributed by atoms with E-state index in [-0.39, 0.29) is 5.79 Å². The highest BCUT2D eigenvalue weighted by atomic mass is 127. The van der Waals surface area contributed by atoms with Gasteiger partial charge in [-0.05, 0) is 59.0 Å². The van der Waals surface area contributed by atoms with Crippen LogP contribution in [0.4, 0.5) is 0 Å². The number of hydrogen-bond acceptors (Lipinski definition) is 2. The standard InChI is InChI=1S/C14H17IO2/c15-13-3-1-11(2-4-13)12-5-7-14(8-6-12)16-9-10-17-14/h1-4,12H,5-10H2. The molecule has 0 atom stereocenters. The van der Waals surface area contributed by atoms with Crippen LogP contribution in [0.25, 0.3) is 0 Å². The first-order valence-corrected chi connectivity index (χ1v) is 7.39. The Morgan fingerprint density at radius 1 is 1.00 bits per heavy atom. The molecule has 3 rings (SSSR count). The van der Waals surface area contributed by atoms with Gasteiger partial charge in [0.2, 0.25) is 0 Å². The Kier molecular flexibility index (Phi) is 3.41. The largest absolute Gasteiger partial charge is 0.348 e. The number of ether oxygens (including phenoxy) is 2. The van der Waals surface area contributed by atoms with Gasteiger partial charge in [0, 0.05) is 16.4 Å². The monoisotopic (exact) mass is 344 g/mol. The van der Waals surface area contributed by atoms with Crippen molar-refractivity contribution in [2.45, 2.75) is 37.4 Å². The molecule has 2 aliphatic rings. The zero-order valence-electron chi connectivity index (χ0n) is 9.82. The minimum absolute atomic E-state index is 0.223. The number of halogens is 1. The van der Waals surface area contributed by atoms with Crippen LogP contribution in [0.15, 0.2) is 24.3 Å². The topological polar surface area (TPSA) is 18.5 Å². The molecule has 1 saturated carbocycles. The molecule has 1 aromatic rings. The van der Waals surface area contributed by atoms with Gasteiger partial charge in [0.1, 0.15) is 0 Å². The van der Waals surface area contributed by atoms with Crippen molar-refractivity contribution in [1.82, 2.24) is 0 Å². The molecule has 1 aliphatic carbocycles. The summed E-state index contributed by atoms with van der Waals surface area (Å²) in [5.74, 6) is 0.463. The fraction of sp³-hybridized carbons (Fsp3) is 0.571. The third-order valence-electron chi connectivity index (χ3n) is 3.90. The van der Waals surface area contributed by atoms with Crippen LogP contribution in [0, 0.1) is 3.57 Å². The first-order chi connectivity index (χ1) is 8.27. The van der Waals surface area contributed by atoms with Crippen molar-refractivity contribution in [3.8, 4) is 0 Å². The molecular weight excluding hydrogens is 327 g/mol. The molecule has 17 heavy (non-hydrogen) atoms. The number of benzene rings is 1. The Balaban J connectivity index is 1.66. The summed E-state index contributed by atoms with van der Waals surface area (Å²) in [6, 6.07) is 8.92. The average Bonchev–Trinajstić information content (AvgIpc) is 2.80. The summed E-state index contributed by atoms with van der Waals surface area (Å²) in [6.45, 7) is 1.54. The Morgan fingerprint density at radius 3 is 2.18 bits per heavy atom. The Hall–Kier alpha value is -0.130. The molecule has 2 fully saturated rings. The van der Waals surface area contributed by atoms with Gasteiger partial charge >= 0.3 is 0 Å². The van der Waals surface area contributed by atoms with E-state index >= 15 is 0 Å². The van der Waals surface area contributed by atoms with E-state index in [0.717, 1.165) is 26.1 Å². The average molecular weight is 344 g/mol. The molecule has 0 aromatic heterocycles. The Bertz CT molecular complexity index is 372. The molecule has 1 aromatic carbocycles. The summed E-state index contributed by atoms with van der Waals surface area (Å²) >= 11 is 2.35. The third-order valence-corrected chi connectivity index (χ3v) is 4.62. The minimum Gasteiger partial charge on any atom is -0.348 e. The second-order valence-electron chi connectivity index (χ2n) is 4.93. The molecule has 0 bridgehead atoms. The Morgan fingerprint density at radius 2 is 1.59 bits per heavy atom. The van der Waals surface area contributed by atoms with E-state index in [2.05, 4.69) is 46.9 Å². The van der Waals surface area contributed by atoms with Crippen LogP contribution in [0.5, 0.6) is 0 Å². The van der Waals surface area contributed by atoms with Crippen molar-refractivity contribution in [2.24, 2.45) is 0 Å². The van der Waals surface area contributed by atoms with Crippen LogP contribution >= 0.6 is 22.6 Å². The summed E-state index contributed by atoms with van der Waals surface area (Å²) in [7, 11) is 0. The first-order valence-electron chi connectivity index (χ1n) is 6.31. The van der Waals surface area contributed by atoms with Crippen LogP contribution in [-0.2, 0) is 9.47 Å². The van der Waals surface area contributed by atoms with Gasteiger partial charge in [-0.15, -0.1) is 0 Å². The molecule has 0 amide bonds. The summed E-state index contributed by atoms with van der Waals surface area (Å²) in [5, 5.41) is 0. The van der Waals surface area contributed by atoms with Gasteiger partial charge in [-0.2, -0.15) is 0 Å². The van der Waals surface area contributed by atoms with E-state index in [1.165, 1.54) is 22.0 Å². The molecule has 1 aliphatic heterocycles. The fourth-order valence-corrected chi connectivity index (χ4v) is 3.27. The molecule has 1 heterocycles. The van der Waals surface area contributed by atoms with Crippen molar-refractivity contribution in [3.63, 3.8) is 0 Å². The van der Waals surface area contributed by atoms with Crippen molar-refractivity contribution in [2.75, 3.05) is 13.2 Å². The maximum Gasteiger partial charge on any atom is 0.168 e. The van der Waals surface area contributed by atoms with Gasteiger partial charge < -0.3 is 9.47 Å². The van der Waals surface area contributed by atoms with Gasteiger partial charge in [0.15, 0.2) is 5.79 Å². The SMILES string of the molecule is Ic1ccc(C2CCC3(CC2)OCCO3)cc1. The second kappa shape index (κ2) is 4.86. The maximum atomic E-state index is 5.76. The van der Waals surface area contributed by atoms with Crippen molar-refractivity contribution in [3.05, 3.63) is 33.4 Å². The van der Waals surface area contributed by atoms with E-state index in [0.29, 0.717) is 5.92 Å². The van der Waals surface area contributed by atoms with Crippen LogP contribution in [0.2, 0.25) is 0 Å². The lowest BCUT2D eigenvalue weighted by Gasteiger charge is -2.35. The van der Waals surface area contributed by atoms with Gasteiger partial charge in [-0.25, -0.2) is 0 Å². The van der Waals surface area contributed by atoms with E-state index in [1.807, 2.05) is 0 Å². The highest BCUT2D eigenvalue weighted by Gasteiger charge is 2.40. The molecule has 0 N–H and O–H groups in total. The lowest BCUT2D eigenvalue weighted by atomic mass is 9.81. The highest BCUT2D eigenvalue weighted by Crippen LogP contribution is 2.42. The van der Waals surface area contributed by atoms with E-state index in [1.54, 1.807) is 0 Å². The van der Waals surface area contributed by atoms with Gasteiger partial charge in [-0.1, -0.05) is 12.1 Å². The van der Waals surface area contributed by atoms with E-state index in [9.17, 15) is 0 Å². The predicted octanol–water partition coefficient (Wildman–Crippen LogP) is 3.69. The second-order valence-corrected chi connectivity index (χ2v) is 6.18. The van der Waals surface area contributed by atoms with Gasteiger partial charge in [0.05, 0.1) is 13.2 Å². The molecule has 0 unspecified atom stereocenters. The zero-order chi connectivity index (χ0) is 11.7. The molecular formula is C14H17IO2. The summed E-state index contributed by atoms with van der Waals surface area (Å²) in [4.78, 5) is 0. The quantitative estimate of drug-likeness (QED) is 0.724. The van der Waals surface area contributed by atoms with Crippen LogP contribution in [0.1, 0.15) is 37.2 Å². The Labute approximate surface area is 116 Å². The fourth-order valence-electron chi connectivity index (χ4n) is 2.91. The van der Waals surface area contributed by atoms with Crippen molar-refractivity contribution >= 4 is 22.6 Å². The number of rotatable bonds is 1. The highest BCUT2D eigenvalue weighted by molar-refractivity contribution is 14.1. The normalized spacial score (nSPS) is 24.3. The smallest absolute Gasteiger partial charge is 0.168 e. The molecule has 1 spiro atoms. The van der Waals surface area contributed by atoms with Crippen molar-refractivity contribution in [1.29, 1.82) is 0 Å². The summed E-state index contributed by atoms with van der Waals surface area (Å²) in [5.41, 5.74) is 1.47. The van der Waals surface area contributed by atoms with Crippen LogP contribution in [-0.4, -0.2) is 19.0 Å². The maximum absolute atomic E-state index is 5.76. The van der Waals surface area contributed by atoms with Crippen LogP contribution in [0.3, 0.4) is 0 Å². The molecule has 1 saturated heterocycles. The van der Waals surface area contributed by atoms with E-state index in [4.69, 9.17) is 9.47 Å². The van der Waals surface area contributed by atoms with Gasteiger partial charge in [-0.3, -0.25) is 0 Å². The van der Waals surface area contributed by atoms with Crippen LogP contribution < -0.4 is 0 Å². The lowest BCUT2D eigenvalue weighted by Crippen LogP contribution is -2.34. The predicted molar refractivity (Wildman–Crippen MR) is 75.0 cm³/mol. The minimum atomic E-state index is -0.223. The van der Waals surface area contributed by atoms with Crippen molar-refractivity contribution < 1.29 is 9.47 Å². The molecule has 0 radical (unpaired) electrons. The number of hydrogen-bond donors (Lipinski definition) is 0. The zero-order valence-corrected chi connectivity index (χ0v) is 12.0. The first kappa shape index (κ1) is 11.9. The van der Waals surface area contributed by atoms with E-state index < -0.39 is 0 Å². The third kappa shape index (κ3) is 2.51.